The average molecular weight is 322 g/mol. The summed E-state index contributed by atoms with van der Waals surface area (Å²) < 4.78 is 0. The molecule has 0 unspecified atom stereocenters. The number of rotatable bonds is 4. The van der Waals surface area contributed by atoms with Gasteiger partial charge in [0.25, 0.3) is 5.91 Å². The van der Waals surface area contributed by atoms with Crippen molar-refractivity contribution in [1.29, 1.82) is 0 Å². The summed E-state index contributed by atoms with van der Waals surface area (Å²) in [6.07, 6.45) is 1.91. The minimum absolute atomic E-state index is 0.191. The first-order chi connectivity index (χ1) is 10.4. The minimum Gasteiger partial charge on any atom is -0.352 e. The summed E-state index contributed by atoms with van der Waals surface area (Å²) in [5, 5.41) is 5.97. The summed E-state index contributed by atoms with van der Waals surface area (Å²) in [5.41, 5.74) is -0.554. The SMILES string of the molecule is C[C@@]1(c2ccc(Cl)cc2)NC(=O)N(CC(=O)NC2CC2)C1=O. The normalized spacial score (nSPS) is 24.4. The highest BCUT2D eigenvalue weighted by atomic mass is 35.5. The molecule has 1 aliphatic carbocycles. The summed E-state index contributed by atoms with van der Waals surface area (Å²) in [6.45, 7) is 1.36. The third kappa shape index (κ3) is 2.66. The molecule has 0 bridgehead atoms. The lowest BCUT2D eigenvalue weighted by Gasteiger charge is -2.22. The van der Waals surface area contributed by atoms with Crippen LogP contribution in [0.15, 0.2) is 24.3 Å². The van der Waals surface area contributed by atoms with Crippen LogP contribution in [0.4, 0.5) is 4.79 Å². The van der Waals surface area contributed by atoms with Crippen LogP contribution in [0.5, 0.6) is 0 Å². The fourth-order valence-electron chi connectivity index (χ4n) is 2.46. The van der Waals surface area contributed by atoms with Crippen LogP contribution in [-0.4, -0.2) is 35.3 Å². The van der Waals surface area contributed by atoms with Gasteiger partial charge in [-0.15, -0.1) is 0 Å². The molecule has 1 aromatic carbocycles. The predicted molar refractivity (Wildman–Crippen MR) is 80.2 cm³/mol. The van der Waals surface area contributed by atoms with Gasteiger partial charge in [0.2, 0.25) is 5.91 Å². The number of benzene rings is 1. The van der Waals surface area contributed by atoms with E-state index in [1.165, 1.54) is 0 Å². The maximum absolute atomic E-state index is 12.6. The quantitative estimate of drug-likeness (QED) is 0.822. The third-order valence-electron chi connectivity index (χ3n) is 3.94. The Hall–Kier alpha value is -2.08. The first-order valence-electron chi connectivity index (χ1n) is 7.09. The maximum Gasteiger partial charge on any atom is 0.325 e. The Morgan fingerprint density at radius 3 is 2.59 bits per heavy atom. The minimum atomic E-state index is -1.18. The van der Waals surface area contributed by atoms with Crippen LogP contribution in [0, 0.1) is 0 Å². The summed E-state index contributed by atoms with van der Waals surface area (Å²) in [7, 11) is 0. The molecule has 1 aliphatic heterocycles. The molecule has 6 nitrogen and oxygen atoms in total. The van der Waals surface area contributed by atoms with Crippen LogP contribution >= 0.6 is 11.6 Å². The van der Waals surface area contributed by atoms with Crippen LogP contribution in [-0.2, 0) is 15.1 Å². The van der Waals surface area contributed by atoms with E-state index >= 15 is 0 Å². The van der Waals surface area contributed by atoms with Crippen LogP contribution in [0.2, 0.25) is 5.02 Å². The van der Waals surface area contributed by atoms with Gasteiger partial charge in [0, 0.05) is 11.1 Å². The summed E-state index contributed by atoms with van der Waals surface area (Å²) in [5.74, 6) is -0.753. The molecule has 2 fully saturated rings. The van der Waals surface area contributed by atoms with Gasteiger partial charge in [-0.05, 0) is 37.5 Å². The van der Waals surface area contributed by atoms with Crippen molar-refractivity contribution < 1.29 is 14.4 Å². The number of carbonyl (C=O) groups is 3. The number of halogens is 1. The number of nitrogens with zero attached hydrogens (tertiary/aromatic N) is 1. The zero-order valence-corrected chi connectivity index (χ0v) is 12.8. The van der Waals surface area contributed by atoms with E-state index in [0.29, 0.717) is 10.6 Å². The fourth-order valence-corrected chi connectivity index (χ4v) is 2.59. The Labute approximate surface area is 132 Å². The van der Waals surface area contributed by atoms with Crippen molar-refractivity contribution in [2.45, 2.75) is 31.3 Å². The molecule has 22 heavy (non-hydrogen) atoms. The fraction of sp³-hybridized carbons (Fsp3) is 0.400. The Bertz CT molecular complexity index is 642. The van der Waals surface area contributed by atoms with Crippen molar-refractivity contribution in [3.8, 4) is 0 Å². The van der Waals surface area contributed by atoms with Crippen molar-refractivity contribution in [3.63, 3.8) is 0 Å². The van der Waals surface area contributed by atoms with Gasteiger partial charge in [-0.2, -0.15) is 0 Å². The monoisotopic (exact) mass is 321 g/mol. The highest BCUT2D eigenvalue weighted by Crippen LogP contribution is 2.29. The number of nitrogens with one attached hydrogen (secondary N) is 2. The second-order valence-electron chi connectivity index (χ2n) is 5.80. The first kappa shape index (κ1) is 14.8. The molecule has 1 atom stereocenters. The first-order valence-corrected chi connectivity index (χ1v) is 7.47. The number of amides is 4. The standard InChI is InChI=1S/C15H16ClN3O3/c1-15(9-2-4-10(16)5-3-9)13(21)19(14(22)18-15)8-12(20)17-11-6-7-11/h2-5,11H,6-8H2,1H3,(H,17,20)(H,18,22)/t15-/m0/s1. The van der Waals surface area contributed by atoms with Gasteiger partial charge < -0.3 is 10.6 Å². The van der Waals surface area contributed by atoms with Gasteiger partial charge in [-0.1, -0.05) is 23.7 Å². The number of hydrogen-bond acceptors (Lipinski definition) is 3. The Morgan fingerprint density at radius 2 is 2.00 bits per heavy atom. The van der Waals surface area contributed by atoms with Gasteiger partial charge in [0.1, 0.15) is 12.1 Å². The van der Waals surface area contributed by atoms with Gasteiger partial charge >= 0.3 is 6.03 Å². The lowest BCUT2D eigenvalue weighted by Crippen LogP contribution is -2.43. The summed E-state index contributed by atoms with van der Waals surface area (Å²) in [4.78, 5) is 37.4. The van der Waals surface area contributed by atoms with Crippen LogP contribution in [0.1, 0.15) is 25.3 Å². The van der Waals surface area contributed by atoms with E-state index in [9.17, 15) is 14.4 Å². The van der Waals surface area contributed by atoms with E-state index in [-0.39, 0.29) is 18.5 Å². The van der Waals surface area contributed by atoms with Gasteiger partial charge in [-0.25, -0.2) is 4.79 Å². The van der Waals surface area contributed by atoms with Crippen LogP contribution in [0.3, 0.4) is 0 Å². The predicted octanol–water partition coefficient (Wildman–Crippen LogP) is 1.39. The third-order valence-corrected chi connectivity index (χ3v) is 4.19. The van der Waals surface area contributed by atoms with E-state index in [2.05, 4.69) is 10.6 Å². The van der Waals surface area contributed by atoms with Crippen molar-refractivity contribution >= 4 is 29.4 Å². The molecule has 116 valence electrons. The number of urea groups is 1. The van der Waals surface area contributed by atoms with Crippen LogP contribution < -0.4 is 10.6 Å². The lowest BCUT2D eigenvalue weighted by atomic mass is 9.92. The van der Waals surface area contributed by atoms with E-state index in [0.717, 1.165) is 17.7 Å². The number of hydrogen-bond donors (Lipinski definition) is 2. The molecular formula is C15H16ClN3O3. The number of imide groups is 1. The van der Waals surface area contributed by atoms with Crippen LogP contribution in [0.25, 0.3) is 0 Å². The topological polar surface area (TPSA) is 78.5 Å². The highest BCUT2D eigenvalue weighted by molar-refractivity contribution is 6.30. The molecule has 0 aromatic heterocycles. The molecule has 1 aromatic rings. The second-order valence-corrected chi connectivity index (χ2v) is 6.23. The Balaban J connectivity index is 1.77. The van der Waals surface area contributed by atoms with E-state index in [1.54, 1.807) is 31.2 Å². The zero-order valence-electron chi connectivity index (χ0n) is 12.1. The van der Waals surface area contributed by atoms with E-state index in [4.69, 9.17) is 11.6 Å². The van der Waals surface area contributed by atoms with Crippen molar-refractivity contribution in [1.82, 2.24) is 15.5 Å². The van der Waals surface area contributed by atoms with E-state index in [1.807, 2.05) is 0 Å². The summed E-state index contributed by atoms with van der Waals surface area (Å²) in [6, 6.07) is 6.32. The highest BCUT2D eigenvalue weighted by Gasteiger charge is 2.49. The smallest absolute Gasteiger partial charge is 0.325 e. The molecule has 0 spiro atoms. The van der Waals surface area contributed by atoms with Crippen molar-refractivity contribution in [2.75, 3.05) is 6.54 Å². The molecule has 1 saturated carbocycles. The molecule has 4 amide bonds. The van der Waals surface area contributed by atoms with Crippen molar-refractivity contribution in [3.05, 3.63) is 34.9 Å². The molecule has 7 heteroatoms. The lowest BCUT2D eigenvalue weighted by molar-refractivity contribution is -0.134. The molecule has 1 heterocycles. The van der Waals surface area contributed by atoms with Crippen molar-refractivity contribution in [2.24, 2.45) is 0 Å². The van der Waals surface area contributed by atoms with E-state index < -0.39 is 17.5 Å². The Kier molecular flexibility index (Phi) is 3.56. The molecule has 2 N–H and O–H groups in total. The molecule has 2 aliphatic rings. The molecule has 0 radical (unpaired) electrons. The average Bonchev–Trinajstić information content (AvgIpc) is 3.24. The molecule has 1 saturated heterocycles. The molecule has 3 rings (SSSR count). The van der Waals surface area contributed by atoms with Gasteiger partial charge in [0.05, 0.1) is 0 Å². The Morgan fingerprint density at radius 1 is 1.36 bits per heavy atom. The second kappa shape index (κ2) is 5.28. The largest absolute Gasteiger partial charge is 0.352 e. The maximum atomic E-state index is 12.6. The van der Waals surface area contributed by atoms with Gasteiger partial charge in [0.15, 0.2) is 0 Å². The zero-order chi connectivity index (χ0) is 15.9. The van der Waals surface area contributed by atoms with Gasteiger partial charge in [-0.3, -0.25) is 14.5 Å². The number of carbonyl (C=O) groups excluding carboxylic acids is 3. The molecular weight excluding hydrogens is 306 g/mol. The summed E-state index contributed by atoms with van der Waals surface area (Å²) >= 11 is 5.85.